The van der Waals surface area contributed by atoms with Crippen LogP contribution in [0.15, 0.2) is 72.8 Å². The molecule has 0 radical (unpaired) electrons. The van der Waals surface area contributed by atoms with Gasteiger partial charge >= 0.3 is 0 Å². The fourth-order valence-corrected chi connectivity index (χ4v) is 3.69. The van der Waals surface area contributed by atoms with E-state index in [0.717, 1.165) is 16.7 Å². The van der Waals surface area contributed by atoms with Crippen LogP contribution in [0.1, 0.15) is 23.6 Å². The van der Waals surface area contributed by atoms with E-state index in [0.29, 0.717) is 29.6 Å². The average molecular weight is 481 g/mol. The summed E-state index contributed by atoms with van der Waals surface area (Å²) in [4.78, 5) is 28.0. The Balaban J connectivity index is 1.76. The Morgan fingerprint density at radius 2 is 1.53 bits per heavy atom. The van der Waals surface area contributed by atoms with Gasteiger partial charge in [0.05, 0.1) is 20.6 Å². The second-order valence-corrected chi connectivity index (χ2v) is 8.33. The number of ether oxygens (including phenoxy) is 2. The minimum atomic E-state index is -0.667. The van der Waals surface area contributed by atoms with E-state index in [-0.39, 0.29) is 18.2 Å². The smallest absolute Gasteiger partial charge is 0.242 e. The lowest BCUT2D eigenvalue weighted by molar-refractivity contribution is -0.140. The van der Waals surface area contributed by atoms with Gasteiger partial charge in [-0.3, -0.25) is 9.59 Å². The Kier molecular flexibility index (Phi) is 8.93. The molecule has 1 atom stereocenters. The van der Waals surface area contributed by atoms with Crippen LogP contribution in [0.25, 0.3) is 0 Å². The summed E-state index contributed by atoms with van der Waals surface area (Å²) in [7, 11) is 3.12. The topological polar surface area (TPSA) is 67.9 Å². The largest absolute Gasteiger partial charge is 0.493 e. The molecule has 0 aliphatic heterocycles. The number of benzene rings is 3. The molecule has 1 N–H and O–H groups in total. The molecule has 2 amide bonds. The van der Waals surface area contributed by atoms with Crippen molar-refractivity contribution in [2.75, 3.05) is 14.2 Å². The van der Waals surface area contributed by atoms with Crippen molar-refractivity contribution in [1.29, 1.82) is 0 Å². The summed E-state index contributed by atoms with van der Waals surface area (Å²) in [5.41, 5.74) is 2.64. The number of carbonyl (C=O) groups excluding carboxylic acids is 2. The van der Waals surface area contributed by atoms with Crippen LogP contribution in [-0.4, -0.2) is 37.0 Å². The van der Waals surface area contributed by atoms with Gasteiger partial charge in [-0.15, -0.1) is 0 Å². The van der Waals surface area contributed by atoms with Crippen LogP contribution in [-0.2, 0) is 29.1 Å². The van der Waals surface area contributed by atoms with Crippen molar-refractivity contribution in [2.24, 2.45) is 0 Å². The number of halogens is 1. The molecular formula is C27H29ClN2O4. The molecule has 0 aromatic heterocycles. The van der Waals surface area contributed by atoms with E-state index >= 15 is 0 Å². The first-order valence-electron chi connectivity index (χ1n) is 11.0. The molecule has 34 heavy (non-hydrogen) atoms. The lowest BCUT2D eigenvalue weighted by Gasteiger charge is -2.29. The van der Waals surface area contributed by atoms with Crippen molar-refractivity contribution < 1.29 is 19.1 Å². The molecule has 6 nitrogen and oxygen atoms in total. The first kappa shape index (κ1) is 25.1. The Hall–Kier alpha value is -3.51. The number of methoxy groups -OCH3 is 2. The van der Waals surface area contributed by atoms with E-state index in [9.17, 15) is 9.59 Å². The zero-order valence-corrected chi connectivity index (χ0v) is 20.3. The summed E-state index contributed by atoms with van der Waals surface area (Å²) >= 11 is 5.93. The summed E-state index contributed by atoms with van der Waals surface area (Å²) in [6.07, 6.45) is 0.127. The summed E-state index contributed by atoms with van der Waals surface area (Å²) in [6, 6.07) is 21.6. The average Bonchev–Trinajstić information content (AvgIpc) is 2.86. The van der Waals surface area contributed by atoms with Crippen molar-refractivity contribution in [2.45, 2.75) is 32.5 Å². The highest BCUT2D eigenvalue weighted by atomic mass is 35.5. The van der Waals surface area contributed by atoms with Gasteiger partial charge in [0.15, 0.2) is 11.5 Å². The molecule has 0 aliphatic carbocycles. The van der Waals surface area contributed by atoms with Gasteiger partial charge in [-0.2, -0.15) is 0 Å². The minimum Gasteiger partial charge on any atom is -0.493 e. The van der Waals surface area contributed by atoms with Gasteiger partial charge in [-0.05, 0) is 47.9 Å². The van der Waals surface area contributed by atoms with Crippen molar-refractivity contribution in [1.82, 2.24) is 10.2 Å². The van der Waals surface area contributed by atoms with Gasteiger partial charge in [0.25, 0.3) is 0 Å². The fourth-order valence-electron chi connectivity index (χ4n) is 3.57. The Morgan fingerprint density at radius 1 is 0.882 bits per heavy atom. The van der Waals surface area contributed by atoms with Crippen LogP contribution < -0.4 is 14.8 Å². The van der Waals surface area contributed by atoms with Crippen LogP contribution >= 0.6 is 11.6 Å². The molecule has 3 aromatic carbocycles. The van der Waals surface area contributed by atoms with Crippen LogP contribution in [0.5, 0.6) is 11.5 Å². The predicted octanol–water partition coefficient (Wildman–Crippen LogP) is 4.63. The van der Waals surface area contributed by atoms with Crippen molar-refractivity contribution in [3.63, 3.8) is 0 Å². The van der Waals surface area contributed by atoms with Crippen LogP contribution in [0.3, 0.4) is 0 Å². The van der Waals surface area contributed by atoms with Crippen LogP contribution in [0.2, 0.25) is 5.02 Å². The zero-order chi connectivity index (χ0) is 24.5. The lowest BCUT2D eigenvalue weighted by Crippen LogP contribution is -2.47. The first-order valence-corrected chi connectivity index (χ1v) is 11.4. The molecule has 0 heterocycles. The highest BCUT2D eigenvalue weighted by Crippen LogP contribution is 2.28. The van der Waals surface area contributed by atoms with Gasteiger partial charge in [-0.1, -0.05) is 60.1 Å². The lowest BCUT2D eigenvalue weighted by atomic mass is 10.1. The highest BCUT2D eigenvalue weighted by Gasteiger charge is 2.26. The molecule has 0 aliphatic rings. The zero-order valence-electron chi connectivity index (χ0n) is 19.6. The third-order valence-corrected chi connectivity index (χ3v) is 5.80. The standard InChI is InChI=1S/C27H29ClN2O4/c1-19(27(32)29-17-20-9-12-23(28)13-10-20)30(18-21-7-5-4-6-8-21)26(31)16-22-11-14-24(33-2)25(15-22)34-3/h4-15,19H,16-18H2,1-3H3,(H,29,32). The quantitative estimate of drug-likeness (QED) is 0.459. The van der Waals surface area contributed by atoms with E-state index in [4.69, 9.17) is 21.1 Å². The van der Waals surface area contributed by atoms with E-state index in [1.807, 2.05) is 48.5 Å². The van der Waals surface area contributed by atoms with E-state index in [1.165, 1.54) is 0 Å². The molecule has 7 heteroatoms. The summed E-state index contributed by atoms with van der Waals surface area (Å²) in [5, 5.41) is 3.56. The van der Waals surface area contributed by atoms with E-state index in [1.54, 1.807) is 50.3 Å². The van der Waals surface area contributed by atoms with Gasteiger partial charge in [0.1, 0.15) is 6.04 Å². The first-order chi connectivity index (χ1) is 16.4. The molecule has 0 spiro atoms. The normalized spacial score (nSPS) is 11.4. The number of hydrogen-bond acceptors (Lipinski definition) is 4. The highest BCUT2D eigenvalue weighted by molar-refractivity contribution is 6.30. The van der Waals surface area contributed by atoms with Gasteiger partial charge in [-0.25, -0.2) is 0 Å². The van der Waals surface area contributed by atoms with Gasteiger partial charge < -0.3 is 19.7 Å². The second-order valence-electron chi connectivity index (χ2n) is 7.89. The van der Waals surface area contributed by atoms with Crippen LogP contribution in [0.4, 0.5) is 0 Å². The number of carbonyl (C=O) groups is 2. The third-order valence-electron chi connectivity index (χ3n) is 5.55. The maximum Gasteiger partial charge on any atom is 0.242 e. The Bertz CT molecular complexity index is 1100. The molecule has 0 fully saturated rings. The summed E-state index contributed by atoms with van der Waals surface area (Å²) in [6.45, 7) is 2.42. The molecule has 1 unspecified atom stereocenters. The molecule has 3 aromatic rings. The molecular weight excluding hydrogens is 452 g/mol. The predicted molar refractivity (Wildman–Crippen MR) is 133 cm³/mol. The Morgan fingerprint density at radius 3 is 2.18 bits per heavy atom. The van der Waals surface area contributed by atoms with Crippen molar-refractivity contribution in [3.8, 4) is 11.5 Å². The van der Waals surface area contributed by atoms with E-state index < -0.39 is 6.04 Å². The van der Waals surface area contributed by atoms with E-state index in [2.05, 4.69) is 5.32 Å². The summed E-state index contributed by atoms with van der Waals surface area (Å²) < 4.78 is 10.6. The number of amides is 2. The van der Waals surface area contributed by atoms with Gasteiger partial charge in [0.2, 0.25) is 11.8 Å². The Labute approximate surface area is 205 Å². The number of rotatable bonds is 10. The molecule has 3 rings (SSSR count). The second kappa shape index (κ2) is 12.1. The molecule has 178 valence electrons. The number of nitrogens with one attached hydrogen (secondary N) is 1. The van der Waals surface area contributed by atoms with Crippen LogP contribution in [0, 0.1) is 0 Å². The molecule has 0 saturated heterocycles. The van der Waals surface area contributed by atoms with Gasteiger partial charge in [0, 0.05) is 18.1 Å². The maximum atomic E-state index is 13.4. The molecule has 0 bridgehead atoms. The molecule has 0 saturated carbocycles. The van der Waals surface area contributed by atoms with Crippen molar-refractivity contribution in [3.05, 3.63) is 94.5 Å². The third kappa shape index (κ3) is 6.75. The monoisotopic (exact) mass is 480 g/mol. The maximum absolute atomic E-state index is 13.4. The number of nitrogens with zero attached hydrogens (tertiary/aromatic N) is 1. The number of hydrogen-bond donors (Lipinski definition) is 1. The SMILES string of the molecule is COc1ccc(CC(=O)N(Cc2ccccc2)C(C)C(=O)NCc2ccc(Cl)cc2)cc1OC. The fraction of sp³-hybridized carbons (Fsp3) is 0.259. The summed E-state index contributed by atoms with van der Waals surface area (Å²) in [5.74, 6) is 0.753. The van der Waals surface area contributed by atoms with Crippen molar-refractivity contribution >= 4 is 23.4 Å². The minimum absolute atomic E-state index is 0.127.